The molecular formula is C17H26N4O2S. The average Bonchev–Trinajstić information content (AvgIpc) is 2.79. The molecule has 4 heterocycles. The minimum absolute atomic E-state index is 0.150. The van der Waals surface area contributed by atoms with Crippen molar-refractivity contribution >= 4 is 17.7 Å². The fraction of sp³-hybridized carbons (Fsp3) is 0.824. The molecule has 0 N–H and O–H groups in total. The van der Waals surface area contributed by atoms with Gasteiger partial charge in [0.1, 0.15) is 0 Å². The summed E-state index contributed by atoms with van der Waals surface area (Å²) in [4.78, 5) is 21.8. The van der Waals surface area contributed by atoms with E-state index in [-0.39, 0.29) is 5.92 Å². The van der Waals surface area contributed by atoms with Crippen molar-refractivity contribution in [1.82, 2.24) is 19.9 Å². The van der Waals surface area contributed by atoms with E-state index in [1.165, 1.54) is 19.3 Å². The Balaban J connectivity index is 1.42. The molecule has 2 atom stereocenters. The number of hydrogen-bond donors (Lipinski definition) is 0. The van der Waals surface area contributed by atoms with Gasteiger partial charge in [-0.05, 0) is 37.9 Å². The smallest absolute Gasteiger partial charge is 0.240 e. The van der Waals surface area contributed by atoms with Crippen molar-refractivity contribution in [2.75, 3.05) is 25.9 Å². The lowest BCUT2D eigenvalue weighted by molar-refractivity contribution is -0.141. The summed E-state index contributed by atoms with van der Waals surface area (Å²) in [5.41, 5.74) is 0. The Hall–Kier alpha value is -1.08. The topological polar surface area (TPSA) is 62.5 Å². The number of nitrogens with zero attached hydrogens (tertiary/aromatic N) is 4. The first-order chi connectivity index (χ1) is 11.7. The van der Waals surface area contributed by atoms with Gasteiger partial charge in [0.15, 0.2) is 5.82 Å². The molecule has 0 spiro atoms. The second kappa shape index (κ2) is 7.04. The Labute approximate surface area is 147 Å². The first-order valence-corrected chi connectivity index (χ1v) is 10.5. The molecule has 4 fully saturated rings. The molecular weight excluding hydrogens is 324 g/mol. The summed E-state index contributed by atoms with van der Waals surface area (Å²) < 4.78 is 5.38. The Morgan fingerprint density at radius 3 is 2.88 bits per heavy atom. The lowest BCUT2D eigenvalue weighted by Crippen LogP contribution is -2.50. The number of rotatable bonds is 6. The maximum atomic E-state index is 12.8. The van der Waals surface area contributed by atoms with Crippen molar-refractivity contribution in [3.8, 4) is 0 Å². The van der Waals surface area contributed by atoms with Crippen LogP contribution in [0.3, 0.4) is 0 Å². The van der Waals surface area contributed by atoms with Crippen LogP contribution in [0, 0.1) is 11.8 Å². The summed E-state index contributed by atoms with van der Waals surface area (Å²) >= 11 is 1.69. The molecule has 1 saturated carbocycles. The van der Waals surface area contributed by atoms with Crippen LogP contribution in [0.15, 0.2) is 4.52 Å². The molecule has 1 aromatic heterocycles. The van der Waals surface area contributed by atoms with E-state index in [2.05, 4.69) is 19.9 Å². The summed E-state index contributed by atoms with van der Waals surface area (Å²) in [6.45, 7) is 3.41. The summed E-state index contributed by atoms with van der Waals surface area (Å²) in [5.74, 6) is 3.50. The Kier molecular flexibility index (Phi) is 4.81. The van der Waals surface area contributed by atoms with Crippen LogP contribution in [0.25, 0.3) is 0 Å². The van der Waals surface area contributed by atoms with Gasteiger partial charge in [-0.2, -0.15) is 16.7 Å². The second-order valence-corrected chi connectivity index (χ2v) is 8.31. The predicted octanol–water partition coefficient (Wildman–Crippen LogP) is 2.16. The predicted molar refractivity (Wildman–Crippen MR) is 92.4 cm³/mol. The molecule has 5 rings (SSSR count). The van der Waals surface area contributed by atoms with Gasteiger partial charge in [-0.15, -0.1) is 0 Å². The number of aromatic nitrogens is 2. The number of carbonyl (C=O) groups excluding carboxylic acids is 1. The molecule has 7 heteroatoms. The first-order valence-electron chi connectivity index (χ1n) is 9.06. The van der Waals surface area contributed by atoms with E-state index in [1.54, 1.807) is 11.8 Å². The molecule has 1 aromatic rings. The lowest BCUT2D eigenvalue weighted by atomic mass is 9.83. The van der Waals surface area contributed by atoms with Crippen molar-refractivity contribution in [1.29, 1.82) is 0 Å². The van der Waals surface area contributed by atoms with Crippen LogP contribution in [-0.2, 0) is 17.1 Å². The van der Waals surface area contributed by atoms with E-state index in [0.29, 0.717) is 24.4 Å². The van der Waals surface area contributed by atoms with Crippen LogP contribution in [-0.4, -0.2) is 57.8 Å². The fourth-order valence-corrected chi connectivity index (χ4v) is 4.56. The summed E-state index contributed by atoms with van der Waals surface area (Å²) in [5, 5.41) is 4.03. The van der Waals surface area contributed by atoms with Crippen LogP contribution in [0.2, 0.25) is 0 Å². The van der Waals surface area contributed by atoms with Crippen molar-refractivity contribution in [3.63, 3.8) is 0 Å². The molecule has 2 bridgehead atoms. The summed E-state index contributed by atoms with van der Waals surface area (Å²) in [6.07, 6.45) is 8.13. The normalized spacial score (nSPS) is 28.2. The lowest BCUT2D eigenvalue weighted by Gasteiger charge is -2.40. The van der Waals surface area contributed by atoms with E-state index in [9.17, 15) is 4.79 Å². The Bertz CT molecular complexity index is 589. The van der Waals surface area contributed by atoms with Crippen molar-refractivity contribution in [3.05, 3.63) is 11.7 Å². The zero-order valence-corrected chi connectivity index (χ0v) is 15.1. The van der Waals surface area contributed by atoms with Gasteiger partial charge in [0.25, 0.3) is 0 Å². The highest BCUT2D eigenvalue weighted by Gasteiger charge is 2.41. The van der Waals surface area contributed by atoms with Crippen LogP contribution >= 0.6 is 11.8 Å². The fourth-order valence-electron chi connectivity index (χ4n) is 4.19. The van der Waals surface area contributed by atoms with Gasteiger partial charge < -0.3 is 9.42 Å². The second-order valence-electron chi connectivity index (χ2n) is 7.45. The van der Waals surface area contributed by atoms with Gasteiger partial charge in [0.2, 0.25) is 11.8 Å². The maximum absolute atomic E-state index is 12.8. The van der Waals surface area contributed by atoms with Crippen LogP contribution in [0.1, 0.15) is 43.8 Å². The van der Waals surface area contributed by atoms with Crippen LogP contribution in [0.5, 0.6) is 0 Å². The number of amides is 1. The highest BCUT2D eigenvalue weighted by atomic mass is 32.2. The zero-order chi connectivity index (χ0) is 16.5. The molecule has 3 aliphatic heterocycles. The van der Waals surface area contributed by atoms with Gasteiger partial charge in [-0.1, -0.05) is 11.6 Å². The molecule has 4 aliphatic rings. The minimum Gasteiger partial charge on any atom is -0.338 e. The number of hydrogen-bond acceptors (Lipinski definition) is 6. The van der Waals surface area contributed by atoms with Gasteiger partial charge in [-0.25, -0.2) is 0 Å². The molecule has 0 aromatic carbocycles. The SMILES string of the molecule is CSCc1noc(CN2C[C@@H]3CC[C@H](C2)N(CC2CCC2)C3=O)n1. The number of piperidine rings is 1. The van der Waals surface area contributed by atoms with Crippen molar-refractivity contribution in [2.24, 2.45) is 11.8 Å². The Morgan fingerprint density at radius 2 is 2.12 bits per heavy atom. The molecule has 0 unspecified atom stereocenters. The Morgan fingerprint density at radius 1 is 1.25 bits per heavy atom. The highest BCUT2D eigenvalue weighted by Crippen LogP contribution is 2.34. The van der Waals surface area contributed by atoms with Crippen LogP contribution in [0.4, 0.5) is 0 Å². The van der Waals surface area contributed by atoms with Gasteiger partial charge in [0, 0.05) is 25.7 Å². The number of fused-ring (bicyclic) bond motifs is 4. The highest BCUT2D eigenvalue weighted by molar-refractivity contribution is 7.97. The average molecular weight is 350 g/mol. The zero-order valence-electron chi connectivity index (χ0n) is 14.3. The maximum Gasteiger partial charge on any atom is 0.240 e. The van der Waals surface area contributed by atoms with E-state index in [1.807, 2.05) is 6.26 Å². The van der Waals surface area contributed by atoms with Crippen molar-refractivity contribution < 1.29 is 9.32 Å². The first kappa shape index (κ1) is 16.4. The molecule has 1 aliphatic carbocycles. The van der Waals surface area contributed by atoms with E-state index < -0.39 is 0 Å². The van der Waals surface area contributed by atoms with E-state index in [0.717, 1.165) is 50.0 Å². The van der Waals surface area contributed by atoms with Crippen molar-refractivity contribution in [2.45, 2.75) is 50.4 Å². The third kappa shape index (κ3) is 3.33. The largest absolute Gasteiger partial charge is 0.338 e. The monoisotopic (exact) mass is 350 g/mol. The minimum atomic E-state index is 0.150. The molecule has 0 radical (unpaired) electrons. The molecule has 24 heavy (non-hydrogen) atoms. The summed E-state index contributed by atoms with van der Waals surface area (Å²) in [7, 11) is 0. The molecule has 1 amide bonds. The molecule has 6 nitrogen and oxygen atoms in total. The molecule has 3 saturated heterocycles. The van der Waals surface area contributed by atoms with E-state index >= 15 is 0 Å². The van der Waals surface area contributed by atoms with Gasteiger partial charge in [0.05, 0.1) is 18.2 Å². The summed E-state index contributed by atoms with van der Waals surface area (Å²) in [6, 6.07) is 0.366. The standard InChI is InChI=1S/C17H26N4O2S/c1-24-11-15-18-16(23-19-15)10-20-8-13-5-6-14(9-20)21(17(13)22)7-12-3-2-4-12/h12-14H,2-11H2,1H3/t13-,14+/m0/s1. The number of thioether (sulfide) groups is 1. The third-order valence-electron chi connectivity index (χ3n) is 5.69. The third-order valence-corrected chi connectivity index (χ3v) is 6.24. The van der Waals surface area contributed by atoms with Gasteiger partial charge >= 0.3 is 0 Å². The number of carbonyl (C=O) groups is 1. The quantitative estimate of drug-likeness (QED) is 0.783. The molecule has 132 valence electrons. The van der Waals surface area contributed by atoms with E-state index in [4.69, 9.17) is 4.52 Å². The van der Waals surface area contributed by atoms with Crippen LogP contribution < -0.4 is 0 Å². The van der Waals surface area contributed by atoms with Gasteiger partial charge in [-0.3, -0.25) is 9.69 Å².